The standard InChI is InChI=1S/C24H27BrN4O4S/c1-26-24(30)23-20-11-19(16-3-4-16)22(28(34(2,31)32)13-15-9-10-33-14-15)12-21(20)27-29(23)18-7-5-17(25)6-8-18/h5-8,11-12,15-16H,3-4,9-10,13-14H2,1-2H3,(H,26,30). The molecule has 2 aromatic carbocycles. The van der Waals surface area contributed by atoms with E-state index in [0.717, 1.165) is 35.0 Å². The van der Waals surface area contributed by atoms with E-state index in [1.54, 1.807) is 11.7 Å². The molecule has 0 bridgehead atoms. The summed E-state index contributed by atoms with van der Waals surface area (Å²) in [5, 5.41) is 8.19. The zero-order chi connectivity index (χ0) is 24.0. The Bertz CT molecular complexity index is 1340. The maximum Gasteiger partial charge on any atom is 0.270 e. The number of rotatable bonds is 7. The van der Waals surface area contributed by atoms with Crippen molar-refractivity contribution in [2.75, 3.05) is 37.4 Å². The van der Waals surface area contributed by atoms with E-state index in [4.69, 9.17) is 9.84 Å². The summed E-state index contributed by atoms with van der Waals surface area (Å²) in [6, 6.07) is 11.4. The summed E-state index contributed by atoms with van der Waals surface area (Å²) in [5.41, 5.74) is 3.38. The molecule has 0 spiro atoms. The van der Waals surface area contributed by atoms with Crippen molar-refractivity contribution in [1.29, 1.82) is 0 Å². The quantitative estimate of drug-likeness (QED) is 0.486. The monoisotopic (exact) mass is 546 g/mol. The van der Waals surface area contributed by atoms with Crippen molar-refractivity contribution in [2.24, 2.45) is 5.92 Å². The molecule has 1 aromatic heterocycles. The molecule has 10 heteroatoms. The van der Waals surface area contributed by atoms with E-state index < -0.39 is 10.0 Å². The minimum atomic E-state index is -3.52. The highest BCUT2D eigenvalue weighted by molar-refractivity contribution is 9.10. The van der Waals surface area contributed by atoms with Crippen LogP contribution in [0.5, 0.6) is 0 Å². The summed E-state index contributed by atoms with van der Waals surface area (Å²) in [5.74, 6) is 0.180. The largest absolute Gasteiger partial charge is 0.381 e. The number of carbonyl (C=O) groups excluding carboxylic acids is 1. The molecule has 3 aromatic rings. The molecule has 1 atom stereocenters. The Kier molecular flexibility index (Phi) is 6.16. The summed E-state index contributed by atoms with van der Waals surface area (Å²) in [6.07, 6.45) is 4.09. The zero-order valence-corrected chi connectivity index (χ0v) is 21.5. The predicted octanol–water partition coefficient (Wildman–Crippen LogP) is 3.83. The van der Waals surface area contributed by atoms with Gasteiger partial charge in [-0.1, -0.05) is 15.9 Å². The van der Waals surface area contributed by atoms with Crippen LogP contribution in [-0.4, -0.2) is 57.2 Å². The molecule has 5 rings (SSSR count). The molecule has 1 amide bonds. The van der Waals surface area contributed by atoms with E-state index in [9.17, 15) is 13.2 Å². The smallest absolute Gasteiger partial charge is 0.270 e. The Balaban J connectivity index is 1.71. The normalized spacial score (nSPS) is 18.4. The summed E-state index contributed by atoms with van der Waals surface area (Å²) >= 11 is 3.45. The van der Waals surface area contributed by atoms with Gasteiger partial charge in [0.2, 0.25) is 10.0 Å². The van der Waals surface area contributed by atoms with Crippen LogP contribution < -0.4 is 9.62 Å². The molecular formula is C24H27BrN4O4S. The van der Waals surface area contributed by atoms with Crippen molar-refractivity contribution in [3.63, 3.8) is 0 Å². The number of hydrogen-bond acceptors (Lipinski definition) is 5. The van der Waals surface area contributed by atoms with Crippen LogP contribution >= 0.6 is 15.9 Å². The highest BCUT2D eigenvalue weighted by Gasteiger charge is 2.34. The lowest BCUT2D eigenvalue weighted by Gasteiger charge is -2.27. The first kappa shape index (κ1) is 23.3. The third-order valence-electron chi connectivity index (χ3n) is 6.47. The highest BCUT2D eigenvalue weighted by atomic mass is 79.9. The van der Waals surface area contributed by atoms with Gasteiger partial charge in [0, 0.05) is 36.0 Å². The molecule has 1 saturated heterocycles. The van der Waals surface area contributed by atoms with Crippen molar-refractivity contribution in [1.82, 2.24) is 15.1 Å². The van der Waals surface area contributed by atoms with Crippen LogP contribution in [0.3, 0.4) is 0 Å². The van der Waals surface area contributed by atoms with Crippen LogP contribution in [-0.2, 0) is 14.8 Å². The molecule has 1 N–H and O–H groups in total. The van der Waals surface area contributed by atoms with Gasteiger partial charge in [0.15, 0.2) is 0 Å². The first-order chi connectivity index (χ1) is 16.3. The molecule has 1 aliphatic heterocycles. The zero-order valence-electron chi connectivity index (χ0n) is 19.1. The van der Waals surface area contributed by atoms with E-state index in [1.807, 2.05) is 36.4 Å². The van der Waals surface area contributed by atoms with Crippen LogP contribution in [0, 0.1) is 5.92 Å². The number of nitrogens with zero attached hydrogens (tertiary/aromatic N) is 3. The van der Waals surface area contributed by atoms with Gasteiger partial charge in [-0.25, -0.2) is 13.1 Å². The first-order valence-electron chi connectivity index (χ1n) is 11.4. The molecular weight excluding hydrogens is 520 g/mol. The van der Waals surface area contributed by atoms with E-state index in [1.165, 1.54) is 10.6 Å². The number of aromatic nitrogens is 2. The second kappa shape index (κ2) is 8.98. The number of ether oxygens (including phenoxy) is 1. The van der Waals surface area contributed by atoms with Gasteiger partial charge in [0.25, 0.3) is 5.91 Å². The molecule has 1 unspecified atom stereocenters. The molecule has 2 heterocycles. The third kappa shape index (κ3) is 4.46. The SMILES string of the molecule is CNC(=O)c1c2cc(C3CC3)c(N(CC3CCOC3)S(C)(=O)=O)cc2nn1-c1ccc(Br)cc1. The molecule has 34 heavy (non-hydrogen) atoms. The highest BCUT2D eigenvalue weighted by Crippen LogP contribution is 2.47. The Morgan fingerprint density at radius 1 is 1.24 bits per heavy atom. The topological polar surface area (TPSA) is 93.5 Å². The summed E-state index contributed by atoms with van der Waals surface area (Å²) in [4.78, 5) is 13.0. The minimum Gasteiger partial charge on any atom is -0.381 e. The fourth-order valence-electron chi connectivity index (χ4n) is 4.56. The maximum absolute atomic E-state index is 13.0. The van der Waals surface area contributed by atoms with Crippen LogP contribution in [0.15, 0.2) is 40.9 Å². The van der Waals surface area contributed by atoms with Gasteiger partial charge in [0.05, 0.1) is 29.8 Å². The number of anilines is 1. The maximum atomic E-state index is 13.0. The van der Waals surface area contributed by atoms with Crippen LogP contribution in [0.4, 0.5) is 5.69 Å². The first-order valence-corrected chi connectivity index (χ1v) is 14.0. The van der Waals surface area contributed by atoms with Gasteiger partial charge >= 0.3 is 0 Å². The molecule has 180 valence electrons. The van der Waals surface area contributed by atoms with E-state index in [2.05, 4.69) is 21.2 Å². The fourth-order valence-corrected chi connectivity index (χ4v) is 5.82. The second-order valence-corrected chi connectivity index (χ2v) is 11.9. The van der Waals surface area contributed by atoms with Crippen LogP contribution in [0.1, 0.15) is 41.2 Å². The van der Waals surface area contributed by atoms with Crippen molar-refractivity contribution in [3.05, 3.63) is 52.1 Å². The van der Waals surface area contributed by atoms with E-state index in [-0.39, 0.29) is 17.7 Å². The Labute approximate surface area is 207 Å². The fraction of sp³-hybridized carbons (Fsp3) is 0.417. The number of halogens is 1. The van der Waals surface area contributed by atoms with Gasteiger partial charge in [-0.2, -0.15) is 5.10 Å². The average Bonchev–Trinajstić information content (AvgIpc) is 3.39. The second-order valence-electron chi connectivity index (χ2n) is 9.04. The Morgan fingerprint density at radius 3 is 2.56 bits per heavy atom. The number of amides is 1. The summed E-state index contributed by atoms with van der Waals surface area (Å²) in [7, 11) is -1.93. The van der Waals surface area contributed by atoms with Gasteiger partial charge in [-0.3, -0.25) is 9.10 Å². The van der Waals surface area contributed by atoms with Crippen molar-refractivity contribution in [2.45, 2.75) is 25.2 Å². The van der Waals surface area contributed by atoms with Crippen LogP contribution in [0.2, 0.25) is 0 Å². The molecule has 2 fully saturated rings. The summed E-state index contributed by atoms with van der Waals surface area (Å²) < 4.78 is 35.4. The number of nitrogens with one attached hydrogen (secondary N) is 1. The average molecular weight is 547 g/mol. The molecule has 0 radical (unpaired) electrons. The van der Waals surface area contributed by atoms with E-state index in [0.29, 0.717) is 42.0 Å². The summed E-state index contributed by atoms with van der Waals surface area (Å²) in [6.45, 7) is 1.59. The van der Waals surface area contributed by atoms with Gasteiger partial charge < -0.3 is 10.1 Å². The number of hydrogen-bond donors (Lipinski definition) is 1. The molecule has 1 aliphatic carbocycles. The van der Waals surface area contributed by atoms with Crippen molar-refractivity contribution < 1.29 is 17.9 Å². The number of fused-ring (bicyclic) bond motifs is 1. The minimum absolute atomic E-state index is 0.152. The molecule has 1 saturated carbocycles. The van der Waals surface area contributed by atoms with Gasteiger partial charge in [-0.05, 0) is 67.1 Å². The number of carbonyl (C=O) groups is 1. The predicted molar refractivity (Wildman–Crippen MR) is 135 cm³/mol. The van der Waals surface area contributed by atoms with Crippen LogP contribution in [0.25, 0.3) is 16.6 Å². The Morgan fingerprint density at radius 2 is 1.97 bits per heavy atom. The third-order valence-corrected chi connectivity index (χ3v) is 8.14. The number of benzene rings is 2. The molecule has 8 nitrogen and oxygen atoms in total. The lowest BCUT2D eigenvalue weighted by molar-refractivity contribution is 0.0957. The van der Waals surface area contributed by atoms with Crippen molar-refractivity contribution >= 4 is 48.5 Å². The lowest BCUT2D eigenvalue weighted by atomic mass is 10.0. The van der Waals surface area contributed by atoms with Gasteiger partial charge in [-0.15, -0.1) is 0 Å². The number of sulfonamides is 1. The van der Waals surface area contributed by atoms with Gasteiger partial charge in [0.1, 0.15) is 5.69 Å². The molecule has 2 aliphatic rings. The lowest BCUT2D eigenvalue weighted by Crippen LogP contribution is -2.35. The Hall–Kier alpha value is -2.43. The van der Waals surface area contributed by atoms with E-state index >= 15 is 0 Å². The van der Waals surface area contributed by atoms with Crippen molar-refractivity contribution in [3.8, 4) is 5.69 Å².